The maximum atomic E-state index is 12.9. The number of rotatable bonds is 1. The zero-order valence-electron chi connectivity index (χ0n) is 13.5. The molecule has 5 rings (SSSR count). The maximum absolute atomic E-state index is 12.9. The summed E-state index contributed by atoms with van der Waals surface area (Å²) in [6.45, 7) is 2.02. The molecule has 5 heteroatoms. The van der Waals surface area contributed by atoms with E-state index in [1.807, 2.05) is 22.8 Å². The Hall–Kier alpha value is -3.21. The van der Waals surface area contributed by atoms with Gasteiger partial charge in [-0.15, -0.1) is 0 Å². The molecule has 0 radical (unpaired) electrons. The molecule has 3 aromatic rings. The molecule has 0 N–H and O–H groups in total. The summed E-state index contributed by atoms with van der Waals surface area (Å²) >= 11 is 0. The van der Waals surface area contributed by atoms with Crippen LogP contribution in [0.2, 0.25) is 0 Å². The number of ketones is 2. The largest absolute Gasteiger partial charge is 0.362 e. The Morgan fingerprint density at radius 1 is 0.800 bits per heavy atom. The Morgan fingerprint density at radius 3 is 2.24 bits per heavy atom. The van der Waals surface area contributed by atoms with Crippen LogP contribution in [0.4, 0.5) is 5.69 Å². The molecule has 2 heterocycles. The molecule has 2 aliphatic rings. The van der Waals surface area contributed by atoms with E-state index in [-0.39, 0.29) is 11.6 Å². The van der Waals surface area contributed by atoms with E-state index in [0.29, 0.717) is 35.6 Å². The van der Waals surface area contributed by atoms with Crippen molar-refractivity contribution in [1.82, 2.24) is 9.55 Å². The Labute approximate surface area is 144 Å². The van der Waals surface area contributed by atoms with Crippen LogP contribution in [0.5, 0.6) is 0 Å². The van der Waals surface area contributed by atoms with Crippen LogP contribution in [0.15, 0.2) is 54.6 Å². The SMILES string of the molecule is O=C1c2ccccc2C(=O)c2c1nc1n2CCN(c2ccccc2)C1. The summed E-state index contributed by atoms with van der Waals surface area (Å²) in [7, 11) is 0. The first-order valence-corrected chi connectivity index (χ1v) is 8.32. The molecule has 5 nitrogen and oxygen atoms in total. The lowest BCUT2D eigenvalue weighted by molar-refractivity contribution is 0.0971. The predicted octanol–water partition coefficient (Wildman–Crippen LogP) is 2.68. The van der Waals surface area contributed by atoms with Crippen LogP contribution in [-0.4, -0.2) is 27.7 Å². The number of carbonyl (C=O) groups excluding carboxylic acids is 2. The van der Waals surface area contributed by atoms with Crippen molar-refractivity contribution in [3.63, 3.8) is 0 Å². The number of aromatic nitrogens is 2. The van der Waals surface area contributed by atoms with Crippen molar-refractivity contribution >= 4 is 17.3 Å². The van der Waals surface area contributed by atoms with Gasteiger partial charge in [0, 0.05) is 29.9 Å². The second kappa shape index (κ2) is 5.14. The van der Waals surface area contributed by atoms with Gasteiger partial charge in [-0.25, -0.2) is 4.98 Å². The van der Waals surface area contributed by atoms with Crippen molar-refractivity contribution in [1.29, 1.82) is 0 Å². The molecule has 122 valence electrons. The molecule has 0 spiro atoms. The summed E-state index contributed by atoms with van der Waals surface area (Å²) in [6, 6.07) is 17.1. The molecule has 1 aliphatic heterocycles. The summed E-state index contributed by atoms with van der Waals surface area (Å²) in [5, 5.41) is 0. The fourth-order valence-electron chi connectivity index (χ4n) is 3.71. The van der Waals surface area contributed by atoms with Gasteiger partial charge in [-0.3, -0.25) is 9.59 Å². The second-order valence-electron chi connectivity index (χ2n) is 6.34. The minimum absolute atomic E-state index is 0.0999. The third-order valence-corrected chi connectivity index (χ3v) is 4.94. The molecule has 0 saturated carbocycles. The van der Waals surface area contributed by atoms with E-state index in [9.17, 15) is 9.59 Å². The van der Waals surface area contributed by atoms with Gasteiger partial charge in [-0.05, 0) is 12.1 Å². The molecule has 0 saturated heterocycles. The topological polar surface area (TPSA) is 55.2 Å². The minimum atomic E-state index is -0.154. The summed E-state index contributed by atoms with van der Waals surface area (Å²) in [6.07, 6.45) is 0. The third-order valence-electron chi connectivity index (χ3n) is 4.94. The number of carbonyl (C=O) groups is 2. The van der Waals surface area contributed by atoms with Crippen molar-refractivity contribution in [2.24, 2.45) is 0 Å². The average molecular weight is 329 g/mol. The fraction of sp³-hybridized carbons (Fsp3) is 0.150. The molecular formula is C20H15N3O2. The van der Waals surface area contributed by atoms with Crippen LogP contribution < -0.4 is 4.90 Å². The molecule has 1 aromatic heterocycles. The van der Waals surface area contributed by atoms with Gasteiger partial charge in [0.1, 0.15) is 17.2 Å². The third kappa shape index (κ3) is 1.99. The molecule has 1 aliphatic carbocycles. The molecule has 25 heavy (non-hydrogen) atoms. The molecule has 0 unspecified atom stereocenters. The van der Waals surface area contributed by atoms with E-state index in [4.69, 9.17) is 0 Å². The van der Waals surface area contributed by atoms with E-state index in [1.165, 1.54) is 0 Å². The summed E-state index contributed by atoms with van der Waals surface area (Å²) in [4.78, 5) is 32.5. The van der Waals surface area contributed by atoms with Crippen molar-refractivity contribution in [3.8, 4) is 0 Å². The second-order valence-corrected chi connectivity index (χ2v) is 6.34. The van der Waals surface area contributed by atoms with E-state index < -0.39 is 0 Å². The quantitative estimate of drug-likeness (QED) is 0.539. The lowest BCUT2D eigenvalue weighted by atomic mass is 9.90. The smallest absolute Gasteiger partial charge is 0.214 e. The van der Waals surface area contributed by atoms with Crippen LogP contribution in [-0.2, 0) is 13.1 Å². The van der Waals surface area contributed by atoms with E-state index in [1.54, 1.807) is 24.3 Å². The van der Waals surface area contributed by atoms with Gasteiger partial charge in [0.15, 0.2) is 0 Å². The average Bonchev–Trinajstić information content (AvgIpc) is 3.06. The number of imidazole rings is 1. The van der Waals surface area contributed by atoms with Crippen LogP contribution >= 0.6 is 0 Å². The first-order chi connectivity index (χ1) is 12.2. The van der Waals surface area contributed by atoms with Crippen molar-refractivity contribution < 1.29 is 9.59 Å². The van der Waals surface area contributed by atoms with E-state index >= 15 is 0 Å². The molecule has 0 amide bonds. The molecule has 2 aromatic carbocycles. The van der Waals surface area contributed by atoms with Crippen LogP contribution in [0, 0.1) is 0 Å². The van der Waals surface area contributed by atoms with Crippen molar-refractivity contribution in [2.45, 2.75) is 13.1 Å². The van der Waals surface area contributed by atoms with Gasteiger partial charge in [-0.1, -0.05) is 42.5 Å². The molecule has 0 bridgehead atoms. The van der Waals surface area contributed by atoms with Crippen LogP contribution in [0.3, 0.4) is 0 Å². The van der Waals surface area contributed by atoms with Gasteiger partial charge in [0.05, 0.1) is 6.54 Å². The lowest BCUT2D eigenvalue weighted by Crippen LogP contribution is -2.35. The monoisotopic (exact) mass is 329 g/mol. The van der Waals surface area contributed by atoms with Gasteiger partial charge >= 0.3 is 0 Å². The van der Waals surface area contributed by atoms with Gasteiger partial charge < -0.3 is 9.47 Å². The highest BCUT2D eigenvalue weighted by atomic mass is 16.1. The first kappa shape index (κ1) is 14.2. The normalized spacial score (nSPS) is 15.6. The van der Waals surface area contributed by atoms with Crippen LogP contribution in [0.25, 0.3) is 0 Å². The number of hydrogen-bond donors (Lipinski definition) is 0. The Bertz CT molecular complexity index is 1020. The zero-order valence-corrected chi connectivity index (χ0v) is 13.5. The van der Waals surface area contributed by atoms with Crippen molar-refractivity contribution in [3.05, 3.63) is 82.9 Å². The van der Waals surface area contributed by atoms with E-state index in [2.05, 4.69) is 22.0 Å². The lowest BCUT2D eigenvalue weighted by Gasteiger charge is -2.30. The summed E-state index contributed by atoms with van der Waals surface area (Å²) in [5.74, 6) is 0.519. The summed E-state index contributed by atoms with van der Waals surface area (Å²) < 4.78 is 1.92. The minimum Gasteiger partial charge on any atom is -0.362 e. The number of hydrogen-bond acceptors (Lipinski definition) is 4. The Kier molecular flexibility index (Phi) is 2.91. The highest BCUT2D eigenvalue weighted by Crippen LogP contribution is 2.30. The Morgan fingerprint density at radius 2 is 1.48 bits per heavy atom. The number of anilines is 1. The zero-order chi connectivity index (χ0) is 17.0. The van der Waals surface area contributed by atoms with Gasteiger partial charge in [0.2, 0.25) is 11.6 Å². The number of para-hydroxylation sites is 1. The highest BCUT2D eigenvalue weighted by molar-refractivity contribution is 6.27. The first-order valence-electron chi connectivity index (χ1n) is 8.32. The number of fused-ring (bicyclic) bond motifs is 4. The Balaban J connectivity index is 1.59. The highest BCUT2D eigenvalue weighted by Gasteiger charge is 2.36. The van der Waals surface area contributed by atoms with Gasteiger partial charge in [0.25, 0.3) is 0 Å². The fourth-order valence-corrected chi connectivity index (χ4v) is 3.71. The standard InChI is InChI=1S/C20H15N3O2/c24-19-14-8-4-5-9-15(14)20(25)18-17(19)21-16-12-22(10-11-23(16)18)13-6-2-1-3-7-13/h1-9H,10-12H2. The molecular weight excluding hydrogens is 314 g/mol. The number of benzene rings is 2. The van der Waals surface area contributed by atoms with Crippen LogP contribution in [0.1, 0.15) is 37.9 Å². The molecule has 0 fully saturated rings. The predicted molar refractivity (Wildman–Crippen MR) is 93.0 cm³/mol. The van der Waals surface area contributed by atoms with Gasteiger partial charge in [-0.2, -0.15) is 0 Å². The summed E-state index contributed by atoms with van der Waals surface area (Å²) in [5.41, 5.74) is 2.80. The van der Waals surface area contributed by atoms with E-state index in [0.717, 1.165) is 18.1 Å². The van der Waals surface area contributed by atoms with Crippen molar-refractivity contribution in [2.75, 3.05) is 11.4 Å². The number of nitrogens with zero attached hydrogens (tertiary/aromatic N) is 3. The maximum Gasteiger partial charge on any atom is 0.214 e. The molecule has 0 atom stereocenters.